The summed E-state index contributed by atoms with van der Waals surface area (Å²) in [4.78, 5) is 23.3. The van der Waals surface area contributed by atoms with Gasteiger partial charge in [0.05, 0.1) is 21.3 Å². The second-order valence-corrected chi connectivity index (χ2v) is 7.16. The minimum absolute atomic E-state index is 0.0953. The van der Waals surface area contributed by atoms with Gasteiger partial charge in [-0.1, -0.05) is 47.5 Å². The van der Waals surface area contributed by atoms with Crippen molar-refractivity contribution in [3.63, 3.8) is 0 Å². The second kappa shape index (κ2) is 7.18. The SMILES string of the molecule is CC1Cc2ccccc2N1C(=O)c1cnc(Nc2cccc(Cl)c2Cl)nc1. The molecule has 0 bridgehead atoms. The van der Waals surface area contributed by atoms with Crippen molar-refractivity contribution in [2.75, 3.05) is 10.2 Å². The van der Waals surface area contributed by atoms with Crippen LogP contribution in [0.3, 0.4) is 0 Å². The third kappa shape index (κ3) is 3.36. The van der Waals surface area contributed by atoms with E-state index in [-0.39, 0.29) is 11.9 Å². The fraction of sp³-hybridized carbons (Fsp3) is 0.150. The molecular weight excluding hydrogens is 383 g/mol. The van der Waals surface area contributed by atoms with Gasteiger partial charge < -0.3 is 10.2 Å². The average Bonchev–Trinajstić information content (AvgIpc) is 3.01. The first kappa shape index (κ1) is 17.8. The molecule has 7 heteroatoms. The van der Waals surface area contributed by atoms with Crippen molar-refractivity contribution in [2.45, 2.75) is 19.4 Å². The van der Waals surface area contributed by atoms with Crippen molar-refractivity contribution >= 4 is 46.4 Å². The summed E-state index contributed by atoms with van der Waals surface area (Å²) in [6.07, 6.45) is 3.88. The molecule has 0 spiro atoms. The molecule has 1 aliphatic heterocycles. The number of halogens is 2. The Bertz CT molecular complexity index is 1010. The van der Waals surface area contributed by atoms with Crippen LogP contribution >= 0.6 is 23.2 Å². The Morgan fingerprint density at radius 1 is 1.11 bits per heavy atom. The number of fused-ring (bicyclic) bond motifs is 1. The number of aromatic nitrogens is 2. The predicted molar refractivity (Wildman–Crippen MR) is 108 cm³/mol. The Morgan fingerprint density at radius 3 is 2.63 bits per heavy atom. The van der Waals surface area contributed by atoms with Crippen LogP contribution in [0.25, 0.3) is 0 Å². The van der Waals surface area contributed by atoms with E-state index >= 15 is 0 Å². The van der Waals surface area contributed by atoms with Gasteiger partial charge in [-0.25, -0.2) is 9.97 Å². The van der Waals surface area contributed by atoms with Crippen molar-refractivity contribution in [1.82, 2.24) is 9.97 Å². The predicted octanol–water partition coefficient (Wildman–Crippen LogP) is 5.12. The molecule has 0 saturated heterocycles. The number of carbonyl (C=O) groups is 1. The first-order chi connectivity index (χ1) is 13.0. The lowest BCUT2D eigenvalue weighted by Gasteiger charge is -2.22. The van der Waals surface area contributed by atoms with Crippen LogP contribution in [0.2, 0.25) is 10.0 Å². The third-order valence-corrected chi connectivity index (χ3v) is 5.34. The zero-order chi connectivity index (χ0) is 19.0. The highest BCUT2D eigenvalue weighted by Crippen LogP contribution is 2.33. The summed E-state index contributed by atoms with van der Waals surface area (Å²) >= 11 is 12.2. The molecule has 2 aromatic carbocycles. The number of benzene rings is 2. The maximum absolute atomic E-state index is 13.0. The fourth-order valence-corrected chi connectivity index (χ4v) is 3.59. The number of hydrogen-bond donors (Lipinski definition) is 1. The highest BCUT2D eigenvalue weighted by molar-refractivity contribution is 6.43. The summed E-state index contributed by atoms with van der Waals surface area (Å²) in [6.45, 7) is 2.04. The molecule has 1 amide bonds. The van der Waals surface area contributed by atoms with Gasteiger partial charge in [-0.15, -0.1) is 0 Å². The molecule has 5 nitrogen and oxygen atoms in total. The van der Waals surface area contributed by atoms with E-state index in [1.807, 2.05) is 25.1 Å². The molecule has 0 fully saturated rings. The van der Waals surface area contributed by atoms with E-state index in [2.05, 4.69) is 21.4 Å². The number of para-hydroxylation sites is 1. The van der Waals surface area contributed by atoms with Crippen LogP contribution in [0.4, 0.5) is 17.3 Å². The van der Waals surface area contributed by atoms with Gasteiger partial charge >= 0.3 is 0 Å². The largest absolute Gasteiger partial charge is 0.323 e. The standard InChI is InChI=1S/C20H16Cl2N4O/c1-12-9-13-5-2-3-8-17(13)26(12)19(27)14-10-23-20(24-11-14)25-16-7-4-6-15(21)18(16)22/h2-8,10-12H,9H2,1H3,(H,23,24,25). The average molecular weight is 399 g/mol. The smallest absolute Gasteiger partial charge is 0.261 e. The summed E-state index contributed by atoms with van der Waals surface area (Å²) in [7, 11) is 0. The molecule has 1 aliphatic rings. The van der Waals surface area contributed by atoms with Gasteiger partial charge in [-0.3, -0.25) is 4.79 Å². The Balaban J connectivity index is 1.56. The molecule has 1 unspecified atom stereocenters. The van der Waals surface area contributed by atoms with Crippen molar-refractivity contribution in [3.05, 3.63) is 76.0 Å². The summed E-state index contributed by atoms with van der Waals surface area (Å²) in [6, 6.07) is 13.3. The minimum Gasteiger partial charge on any atom is -0.323 e. The van der Waals surface area contributed by atoms with Crippen molar-refractivity contribution in [2.24, 2.45) is 0 Å². The molecule has 1 aromatic heterocycles. The molecule has 136 valence electrons. The molecule has 1 N–H and O–H groups in total. The van der Waals surface area contributed by atoms with Crippen LogP contribution in [-0.4, -0.2) is 21.9 Å². The van der Waals surface area contributed by atoms with E-state index in [9.17, 15) is 4.79 Å². The third-order valence-electron chi connectivity index (χ3n) is 4.52. The maximum Gasteiger partial charge on any atom is 0.261 e. The lowest BCUT2D eigenvalue weighted by Crippen LogP contribution is -2.35. The van der Waals surface area contributed by atoms with Crippen LogP contribution in [0.5, 0.6) is 0 Å². The van der Waals surface area contributed by atoms with Crippen LogP contribution in [0.15, 0.2) is 54.9 Å². The van der Waals surface area contributed by atoms with Gasteiger partial charge in [0.15, 0.2) is 0 Å². The zero-order valence-corrected chi connectivity index (χ0v) is 16.0. The quantitative estimate of drug-likeness (QED) is 0.664. The molecule has 0 saturated carbocycles. The molecule has 3 aromatic rings. The van der Waals surface area contributed by atoms with Gasteiger partial charge in [-0.2, -0.15) is 0 Å². The molecular formula is C20H16Cl2N4O. The van der Waals surface area contributed by atoms with Crippen LogP contribution in [0, 0.1) is 0 Å². The van der Waals surface area contributed by atoms with Crippen molar-refractivity contribution < 1.29 is 4.79 Å². The second-order valence-electron chi connectivity index (χ2n) is 6.38. The lowest BCUT2D eigenvalue weighted by atomic mass is 10.1. The van der Waals surface area contributed by atoms with Gasteiger partial charge in [0.2, 0.25) is 5.95 Å². The number of rotatable bonds is 3. The Kier molecular flexibility index (Phi) is 4.72. The minimum atomic E-state index is -0.111. The number of anilines is 3. The van der Waals surface area contributed by atoms with Crippen molar-refractivity contribution in [1.29, 1.82) is 0 Å². The van der Waals surface area contributed by atoms with E-state index in [4.69, 9.17) is 23.2 Å². The first-order valence-corrected chi connectivity index (χ1v) is 9.24. The molecule has 0 radical (unpaired) electrons. The summed E-state index contributed by atoms with van der Waals surface area (Å²) < 4.78 is 0. The topological polar surface area (TPSA) is 58.1 Å². The van der Waals surface area contributed by atoms with Crippen LogP contribution in [0.1, 0.15) is 22.8 Å². The number of nitrogens with one attached hydrogen (secondary N) is 1. The van der Waals surface area contributed by atoms with Gasteiger partial charge in [0.1, 0.15) is 0 Å². The highest BCUT2D eigenvalue weighted by Gasteiger charge is 2.31. The highest BCUT2D eigenvalue weighted by atomic mass is 35.5. The normalized spacial score (nSPS) is 15.5. The van der Waals surface area contributed by atoms with Crippen molar-refractivity contribution in [3.8, 4) is 0 Å². The summed E-state index contributed by atoms with van der Waals surface area (Å²) in [5, 5.41) is 3.84. The lowest BCUT2D eigenvalue weighted by molar-refractivity contribution is 0.0981. The van der Waals surface area contributed by atoms with Gasteiger partial charge in [-0.05, 0) is 37.1 Å². The van der Waals surface area contributed by atoms with E-state index in [0.717, 1.165) is 12.1 Å². The van der Waals surface area contributed by atoms with E-state index in [0.29, 0.717) is 27.2 Å². The summed E-state index contributed by atoms with van der Waals surface area (Å²) in [5.74, 6) is 0.227. The Hall–Kier alpha value is -2.63. The number of nitrogens with zero attached hydrogens (tertiary/aromatic N) is 3. The Labute approximate surface area is 167 Å². The molecule has 4 rings (SSSR count). The molecule has 27 heavy (non-hydrogen) atoms. The molecule has 0 aliphatic carbocycles. The zero-order valence-electron chi connectivity index (χ0n) is 14.5. The van der Waals surface area contributed by atoms with E-state index in [1.54, 1.807) is 23.1 Å². The van der Waals surface area contributed by atoms with E-state index < -0.39 is 0 Å². The summed E-state index contributed by atoms with van der Waals surface area (Å²) in [5.41, 5.74) is 3.16. The van der Waals surface area contributed by atoms with Gasteiger partial charge in [0, 0.05) is 24.1 Å². The molecule has 1 atom stereocenters. The Morgan fingerprint density at radius 2 is 1.85 bits per heavy atom. The number of amides is 1. The number of hydrogen-bond acceptors (Lipinski definition) is 4. The van der Waals surface area contributed by atoms with E-state index in [1.165, 1.54) is 18.0 Å². The van der Waals surface area contributed by atoms with Crippen LogP contribution < -0.4 is 10.2 Å². The fourth-order valence-electron chi connectivity index (χ4n) is 3.24. The maximum atomic E-state index is 13.0. The first-order valence-electron chi connectivity index (χ1n) is 8.49. The number of carbonyl (C=O) groups excluding carboxylic acids is 1. The molecule has 2 heterocycles. The van der Waals surface area contributed by atoms with Gasteiger partial charge in [0.25, 0.3) is 5.91 Å². The monoisotopic (exact) mass is 398 g/mol. The van der Waals surface area contributed by atoms with Crippen LogP contribution in [-0.2, 0) is 6.42 Å².